The average Bonchev–Trinajstić information content (AvgIpc) is 3.25. The molecule has 2 aliphatic rings. The van der Waals surface area contributed by atoms with E-state index in [2.05, 4.69) is 10.4 Å². The standard InChI is InChI=1S/C20H24FN3O3/c1-24-18(11-17(23-24)14-5-7-15(21)8-6-14)19(25)22-12-16-13-26-20(27-16)9-3-2-4-10-20/h5-8,11,16H,2-4,9-10,12-13H2,1H3,(H,22,25)/t16-/m0/s1. The molecule has 1 aromatic heterocycles. The lowest BCUT2D eigenvalue weighted by atomic mass is 9.94. The van der Waals surface area contributed by atoms with Crippen molar-refractivity contribution in [2.24, 2.45) is 7.05 Å². The zero-order chi connectivity index (χ0) is 18.9. The van der Waals surface area contributed by atoms with Gasteiger partial charge in [0.15, 0.2) is 5.79 Å². The average molecular weight is 373 g/mol. The smallest absolute Gasteiger partial charge is 0.269 e. The summed E-state index contributed by atoms with van der Waals surface area (Å²) in [5.74, 6) is -0.954. The largest absolute Gasteiger partial charge is 0.348 e. The van der Waals surface area contributed by atoms with Gasteiger partial charge in [0.05, 0.1) is 12.3 Å². The van der Waals surface area contributed by atoms with Crippen LogP contribution in [0.2, 0.25) is 0 Å². The first-order valence-electron chi connectivity index (χ1n) is 9.45. The number of benzene rings is 1. The molecule has 1 atom stereocenters. The Hall–Kier alpha value is -2.25. The van der Waals surface area contributed by atoms with Gasteiger partial charge in [-0.15, -0.1) is 0 Å². The van der Waals surface area contributed by atoms with Crippen LogP contribution >= 0.6 is 0 Å². The first-order valence-corrected chi connectivity index (χ1v) is 9.45. The number of carbonyl (C=O) groups is 1. The first-order chi connectivity index (χ1) is 13.0. The predicted molar refractivity (Wildman–Crippen MR) is 97.6 cm³/mol. The molecule has 1 N–H and O–H groups in total. The normalized spacial score (nSPS) is 21.5. The minimum Gasteiger partial charge on any atom is -0.348 e. The van der Waals surface area contributed by atoms with Gasteiger partial charge in [-0.3, -0.25) is 9.48 Å². The van der Waals surface area contributed by atoms with Crippen molar-refractivity contribution in [3.8, 4) is 11.3 Å². The molecule has 1 aromatic carbocycles. The number of nitrogens with one attached hydrogen (secondary N) is 1. The Balaban J connectivity index is 1.37. The van der Waals surface area contributed by atoms with Gasteiger partial charge in [0.25, 0.3) is 5.91 Å². The number of halogens is 1. The summed E-state index contributed by atoms with van der Waals surface area (Å²) >= 11 is 0. The lowest BCUT2D eigenvalue weighted by Crippen LogP contribution is -2.37. The molecule has 2 heterocycles. The molecule has 1 saturated carbocycles. The molecule has 27 heavy (non-hydrogen) atoms. The third-order valence-electron chi connectivity index (χ3n) is 5.27. The number of hydrogen-bond donors (Lipinski definition) is 1. The van der Waals surface area contributed by atoms with Crippen molar-refractivity contribution >= 4 is 5.91 Å². The SMILES string of the molecule is Cn1nc(-c2ccc(F)cc2)cc1C(=O)NC[C@H]1COC2(CCCCC2)O1. The molecule has 1 amide bonds. The molecule has 1 saturated heterocycles. The second kappa shape index (κ2) is 7.40. The highest BCUT2D eigenvalue weighted by molar-refractivity contribution is 5.93. The van der Waals surface area contributed by atoms with E-state index in [1.807, 2.05) is 0 Å². The maximum Gasteiger partial charge on any atom is 0.269 e. The number of nitrogens with zero attached hydrogens (tertiary/aromatic N) is 2. The van der Waals surface area contributed by atoms with Gasteiger partial charge in [0.2, 0.25) is 0 Å². The van der Waals surface area contributed by atoms with Crippen molar-refractivity contribution in [2.75, 3.05) is 13.2 Å². The van der Waals surface area contributed by atoms with Gasteiger partial charge in [0.1, 0.15) is 17.6 Å². The number of amides is 1. The summed E-state index contributed by atoms with van der Waals surface area (Å²) < 4.78 is 26.6. The molecule has 0 bridgehead atoms. The Kier molecular flexibility index (Phi) is 4.97. The van der Waals surface area contributed by atoms with E-state index < -0.39 is 5.79 Å². The lowest BCUT2D eigenvalue weighted by molar-refractivity contribution is -0.186. The van der Waals surface area contributed by atoms with E-state index in [0.717, 1.165) is 31.2 Å². The van der Waals surface area contributed by atoms with Crippen molar-refractivity contribution in [1.82, 2.24) is 15.1 Å². The molecule has 6 nitrogen and oxygen atoms in total. The van der Waals surface area contributed by atoms with Crippen LogP contribution in [0.3, 0.4) is 0 Å². The van der Waals surface area contributed by atoms with E-state index in [9.17, 15) is 9.18 Å². The van der Waals surface area contributed by atoms with E-state index in [0.29, 0.717) is 24.5 Å². The van der Waals surface area contributed by atoms with Crippen molar-refractivity contribution in [2.45, 2.75) is 44.0 Å². The first kappa shape index (κ1) is 18.1. The third-order valence-corrected chi connectivity index (χ3v) is 5.27. The summed E-state index contributed by atoms with van der Waals surface area (Å²) in [4.78, 5) is 12.6. The van der Waals surface area contributed by atoms with E-state index in [4.69, 9.17) is 9.47 Å². The number of hydrogen-bond acceptors (Lipinski definition) is 4. The molecule has 4 rings (SSSR count). The summed E-state index contributed by atoms with van der Waals surface area (Å²) in [7, 11) is 1.72. The van der Waals surface area contributed by atoms with Gasteiger partial charge in [-0.05, 0) is 43.2 Å². The monoisotopic (exact) mass is 373 g/mol. The second-order valence-corrected chi connectivity index (χ2v) is 7.28. The lowest BCUT2D eigenvalue weighted by Gasteiger charge is -2.31. The zero-order valence-electron chi connectivity index (χ0n) is 15.4. The summed E-state index contributed by atoms with van der Waals surface area (Å²) in [6.07, 6.45) is 5.21. The van der Waals surface area contributed by atoms with Crippen molar-refractivity contribution in [1.29, 1.82) is 0 Å². The number of aryl methyl sites for hydroxylation is 1. The highest BCUT2D eigenvalue weighted by atomic mass is 19.1. The van der Waals surface area contributed by atoms with Crippen LogP contribution in [0.25, 0.3) is 11.3 Å². The van der Waals surface area contributed by atoms with Crippen molar-refractivity contribution in [3.05, 3.63) is 41.8 Å². The predicted octanol–water partition coefficient (Wildman–Crippen LogP) is 3.03. The van der Waals surface area contributed by atoms with Gasteiger partial charge < -0.3 is 14.8 Å². The Morgan fingerprint density at radius 3 is 2.78 bits per heavy atom. The van der Waals surface area contributed by atoms with Crippen LogP contribution in [0.4, 0.5) is 4.39 Å². The van der Waals surface area contributed by atoms with Gasteiger partial charge in [-0.1, -0.05) is 6.42 Å². The Labute approximate surface area is 157 Å². The summed E-state index contributed by atoms with van der Waals surface area (Å²) in [5.41, 5.74) is 1.84. The van der Waals surface area contributed by atoms with Crippen LogP contribution in [0.5, 0.6) is 0 Å². The second-order valence-electron chi connectivity index (χ2n) is 7.28. The summed E-state index contributed by atoms with van der Waals surface area (Å²) in [6, 6.07) is 7.75. The Morgan fingerprint density at radius 1 is 1.30 bits per heavy atom. The quantitative estimate of drug-likeness (QED) is 0.895. The fraction of sp³-hybridized carbons (Fsp3) is 0.500. The van der Waals surface area contributed by atoms with E-state index in [-0.39, 0.29) is 17.8 Å². The molecular formula is C20H24FN3O3. The highest BCUT2D eigenvalue weighted by Crippen LogP contribution is 2.37. The minimum absolute atomic E-state index is 0.128. The number of ether oxygens (including phenoxy) is 2. The minimum atomic E-state index is -0.435. The van der Waals surface area contributed by atoms with Crippen molar-refractivity contribution < 1.29 is 18.7 Å². The molecule has 0 radical (unpaired) electrons. The fourth-order valence-electron chi connectivity index (χ4n) is 3.81. The van der Waals surface area contributed by atoms with Gasteiger partial charge in [0, 0.05) is 32.0 Å². The van der Waals surface area contributed by atoms with Gasteiger partial charge in [-0.25, -0.2) is 4.39 Å². The third kappa shape index (κ3) is 3.89. The molecular weight excluding hydrogens is 349 g/mol. The van der Waals surface area contributed by atoms with Crippen LogP contribution in [0.15, 0.2) is 30.3 Å². The van der Waals surface area contributed by atoms with Crippen LogP contribution in [0.1, 0.15) is 42.6 Å². The van der Waals surface area contributed by atoms with E-state index >= 15 is 0 Å². The Morgan fingerprint density at radius 2 is 2.04 bits per heavy atom. The molecule has 0 unspecified atom stereocenters. The zero-order valence-corrected chi connectivity index (χ0v) is 15.4. The Bertz CT molecular complexity index is 812. The van der Waals surface area contributed by atoms with Gasteiger partial charge >= 0.3 is 0 Å². The van der Waals surface area contributed by atoms with Crippen LogP contribution < -0.4 is 5.32 Å². The molecule has 2 fully saturated rings. The number of carbonyl (C=O) groups excluding carboxylic acids is 1. The molecule has 1 aliphatic carbocycles. The maximum absolute atomic E-state index is 13.1. The summed E-state index contributed by atoms with van der Waals surface area (Å²) in [5, 5.41) is 7.27. The van der Waals surface area contributed by atoms with Crippen LogP contribution in [-0.2, 0) is 16.5 Å². The molecule has 1 aliphatic heterocycles. The summed E-state index contributed by atoms with van der Waals surface area (Å²) in [6.45, 7) is 0.907. The van der Waals surface area contributed by atoms with Crippen molar-refractivity contribution in [3.63, 3.8) is 0 Å². The maximum atomic E-state index is 13.1. The molecule has 2 aromatic rings. The fourth-order valence-corrected chi connectivity index (χ4v) is 3.81. The molecule has 144 valence electrons. The van der Waals surface area contributed by atoms with Crippen LogP contribution in [-0.4, -0.2) is 40.7 Å². The van der Waals surface area contributed by atoms with E-state index in [1.165, 1.54) is 23.2 Å². The van der Waals surface area contributed by atoms with Gasteiger partial charge in [-0.2, -0.15) is 5.10 Å². The molecule has 1 spiro atoms. The topological polar surface area (TPSA) is 65.4 Å². The molecule has 7 heteroatoms. The number of aromatic nitrogens is 2. The van der Waals surface area contributed by atoms with E-state index in [1.54, 1.807) is 25.2 Å². The van der Waals surface area contributed by atoms with Crippen LogP contribution in [0, 0.1) is 5.82 Å². The number of rotatable bonds is 4. The highest BCUT2D eigenvalue weighted by Gasteiger charge is 2.42.